The van der Waals surface area contributed by atoms with Crippen LogP contribution in [0.3, 0.4) is 0 Å². The molecule has 0 unspecified atom stereocenters. The number of anilines is 2. The Kier molecular flexibility index (Phi) is 6.98. The summed E-state index contributed by atoms with van der Waals surface area (Å²) in [6.45, 7) is 0. The average molecular weight is 616 g/mol. The Morgan fingerprint density at radius 2 is 1.04 bits per heavy atom. The highest BCUT2D eigenvalue weighted by Crippen LogP contribution is 2.43. The molecule has 228 valence electrons. The first kappa shape index (κ1) is 28.1. The molecule has 0 spiro atoms. The molecule has 0 saturated carbocycles. The minimum atomic E-state index is 0.916. The highest BCUT2D eigenvalue weighted by Gasteiger charge is 2.21. The van der Waals surface area contributed by atoms with E-state index < -0.39 is 0 Å². The lowest BCUT2D eigenvalue weighted by molar-refractivity contribution is 0.667. The third kappa shape index (κ3) is 4.90. The summed E-state index contributed by atoms with van der Waals surface area (Å²) in [5, 5.41) is 4.82. The summed E-state index contributed by atoms with van der Waals surface area (Å²) in [6, 6.07) is 58.3. The second kappa shape index (κ2) is 11.9. The molecule has 0 amide bonds. The molecule has 0 aliphatic heterocycles. The number of benzene rings is 7. The normalized spacial score (nSPS) is 13.1. The van der Waals surface area contributed by atoms with Gasteiger partial charge in [-0.15, -0.1) is 0 Å². The molecule has 0 N–H and O–H groups in total. The third-order valence-electron chi connectivity index (χ3n) is 9.60. The van der Waals surface area contributed by atoms with Crippen LogP contribution in [0.1, 0.15) is 18.4 Å². The Hall–Kier alpha value is -6.12. The summed E-state index contributed by atoms with van der Waals surface area (Å²) in [5.41, 5.74) is 12.8. The van der Waals surface area contributed by atoms with E-state index in [0.29, 0.717) is 0 Å². The maximum atomic E-state index is 6.80. The van der Waals surface area contributed by atoms with E-state index in [-0.39, 0.29) is 0 Å². The van der Waals surface area contributed by atoms with Crippen LogP contribution in [0.5, 0.6) is 0 Å². The molecule has 48 heavy (non-hydrogen) atoms. The molecule has 8 aromatic rings. The third-order valence-corrected chi connectivity index (χ3v) is 9.60. The van der Waals surface area contributed by atoms with Crippen LogP contribution in [0, 0.1) is 0 Å². The maximum absolute atomic E-state index is 6.80. The number of rotatable bonds is 6. The first-order valence-corrected chi connectivity index (χ1v) is 16.6. The monoisotopic (exact) mass is 615 g/mol. The number of hydrogen-bond acceptors (Lipinski definition) is 2. The molecule has 0 bridgehead atoms. The zero-order valence-electron chi connectivity index (χ0n) is 26.5. The molecule has 1 aliphatic rings. The fourth-order valence-electron chi connectivity index (χ4n) is 7.30. The molecule has 7 aromatic carbocycles. The van der Waals surface area contributed by atoms with E-state index in [1.54, 1.807) is 0 Å². The second-order valence-corrected chi connectivity index (χ2v) is 12.4. The number of nitrogens with zero attached hydrogens (tertiary/aromatic N) is 1. The van der Waals surface area contributed by atoms with Crippen LogP contribution in [0.2, 0.25) is 0 Å². The molecular weight excluding hydrogens is 583 g/mol. The Labute approximate surface area is 280 Å². The standard InChI is InChI=1S/C46H33NO/c1-4-13-32(14-5-1)33-23-27-37(28-24-33)47(36-17-8-3-9-18-36)38-29-25-35(26-30-38)39-21-12-22-42-45-41-20-11-10-19-40(41)43(31-44(45)48-46(39)42)34-15-6-2-7-16-34/h1-25,27-29,31H,26,30H2. The number of hydrogen-bond donors (Lipinski definition) is 0. The van der Waals surface area contributed by atoms with Gasteiger partial charge >= 0.3 is 0 Å². The molecule has 0 saturated heterocycles. The molecule has 1 heterocycles. The zero-order chi connectivity index (χ0) is 31.9. The van der Waals surface area contributed by atoms with Gasteiger partial charge in [0.25, 0.3) is 0 Å². The molecule has 9 rings (SSSR count). The zero-order valence-corrected chi connectivity index (χ0v) is 26.5. The lowest BCUT2D eigenvalue weighted by atomic mass is 9.92. The highest BCUT2D eigenvalue weighted by molar-refractivity contribution is 6.23. The van der Waals surface area contributed by atoms with Gasteiger partial charge in [-0.2, -0.15) is 0 Å². The molecule has 2 heteroatoms. The van der Waals surface area contributed by atoms with Crippen molar-refractivity contribution in [2.45, 2.75) is 12.8 Å². The van der Waals surface area contributed by atoms with Crippen molar-refractivity contribution in [2.75, 3.05) is 4.90 Å². The van der Waals surface area contributed by atoms with Crippen molar-refractivity contribution in [1.29, 1.82) is 0 Å². The summed E-state index contributed by atoms with van der Waals surface area (Å²) in [5.74, 6) is 0. The molecule has 0 fully saturated rings. The molecule has 1 aromatic heterocycles. The van der Waals surface area contributed by atoms with Gasteiger partial charge in [-0.25, -0.2) is 0 Å². The Morgan fingerprint density at radius 3 is 1.75 bits per heavy atom. The lowest BCUT2D eigenvalue weighted by Crippen LogP contribution is -2.17. The van der Waals surface area contributed by atoms with Crippen LogP contribution in [0.15, 0.2) is 186 Å². The second-order valence-electron chi connectivity index (χ2n) is 12.4. The van der Waals surface area contributed by atoms with Crippen molar-refractivity contribution < 1.29 is 4.42 Å². The van der Waals surface area contributed by atoms with Crippen LogP contribution < -0.4 is 4.90 Å². The van der Waals surface area contributed by atoms with Gasteiger partial charge in [0, 0.05) is 33.4 Å². The Bertz CT molecular complexity index is 2470. The number of allylic oxidation sites excluding steroid dienone is 4. The van der Waals surface area contributed by atoms with Crippen molar-refractivity contribution in [1.82, 2.24) is 0 Å². The van der Waals surface area contributed by atoms with Crippen molar-refractivity contribution in [3.63, 3.8) is 0 Å². The van der Waals surface area contributed by atoms with Gasteiger partial charge in [-0.1, -0.05) is 140 Å². The summed E-state index contributed by atoms with van der Waals surface area (Å²) >= 11 is 0. The first-order chi connectivity index (χ1) is 23.8. The summed E-state index contributed by atoms with van der Waals surface area (Å²) in [6.07, 6.45) is 6.42. The van der Waals surface area contributed by atoms with Gasteiger partial charge in [0.05, 0.1) is 0 Å². The quantitative estimate of drug-likeness (QED) is 0.185. The molecule has 0 atom stereocenters. The van der Waals surface area contributed by atoms with Crippen molar-refractivity contribution >= 4 is 49.7 Å². The largest absolute Gasteiger partial charge is 0.455 e. The van der Waals surface area contributed by atoms with Crippen molar-refractivity contribution in [3.05, 3.63) is 187 Å². The van der Waals surface area contributed by atoms with Crippen LogP contribution in [-0.2, 0) is 0 Å². The fourth-order valence-corrected chi connectivity index (χ4v) is 7.30. The molecule has 0 radical (unpaired) electrons. The van der Waals surface area contributed by atoms with Crippen LogP contribution in [0.25, 0.3) is 60.5 Å². The van der Waals surface area contributed by atoms with E-state index in [0.717, 1.165) is 35.4 Å². The molecule has 1 aliphatic carbocycles. The SMILES string of the molecule is C1=C(c2cccc3c2oc2cc(-c4ccccc4)c4ccccc4c23)CCC(N(c2ccccc2)c2ccc(-c3ccccc3)cc2)=C1. The van der Waals surface area contributed by atoms with Crippen LogP contribution in [0.4, 0.5) is 11.4 Å². The van der Waals surface area contributed by atoms with Gasteiger partial charge in [0.2, 0.25) is 0 Å². The Balaban J connectivity index is 1.13. The predicted octanol–water partition coefficient (Wildman–Crippen LogP) is 13.0. The predicted molar refractivity (Wildman–Crippen MR) is 202 cm³/mol. The van der Waals surface area contributed by atoms with Gasteiger partial charge in [0.15, 0.2) is 0 Å². The Morgan fingerprint density at radius 1 is 0.438 bits per heavy atom. The molecular formula is C46H33NO. The molecule has 2 nitrogen and oxygen atoms in total. The van der Waals surface area contributed by atoms with Gasteiger partial charge < -0.3 is 9.32 Å². The topological polar surface area (TPSA) is 16.4 Å². The van der Waals surface area contributed by atoms with Crippen molar-refractivity contribution in [3.8, 4) is 22.3 Å². The van der Waals surface area contributed by atoms with Gasteiger partial charge in [-0.05, 0) is 87.8 Å². The highest BCUT2D eigenvalue weighted by atomic mass is 16.3. The van der Waals surface area contributed by atoms with Crippen molar-refractivity contribution in [2.24, 2.45) is 0 Å². The van der Waals surface area contributed by atoms with Gasteiger partial charge in [0.1, 0.15) is 11.2 Å². The van der Waals surface area contributed by atoms with E-state index >= 15 is 0 Å². The lowest BCUT2D eigenvalue weighted by Gasteiger charge is -2.30. The minimum absolute atomic E-state index is 0.916. The van der Waals surface area contributed by atoms with Gasteiger partial charge in [-0.3, -0.25) is 0 Å². The number of para-hydroxylation sites is 2. The van der Waals surface area contributed by atoms with E-state index in [9.17, 15) is 0 Å². The first-order valence-electron chi connectivity index (χ1n) is 16.6. The van der Waals surface area contributed by atoms with Crippen LogP contribution in [-0.4, -0.2) is 0 Å². The summed E-state index contributed by atoms with van der Waals surface area (Å²) in [4.78, 5) is 2.39. The van der Waals surface area contributed by atoms with E-state index in [4.69, 9.17) is 4.42 Å². The smallest absolute Gasteiger partial charge is 0.142 e. The maximum Gasteiger partial charge on any atom is 0.142 e. The average Bonchev–Trinajstić information content (AvgIpc) is 3.56. The summed E-state index contributed by atoms with van der Waals surface area (Å²) < 4.78 is 6.80. The van der Waals surface area contributed by atoms with E-state index in [1.165, 1.54) is 60.6 Å². The number of furan rings is 1. The number of fused-ring (bicyclic) bond motifs is 5. The van der Waals surface area contributed by atoms with E-state index in [1.807, 2.05) is 0 Å². The fraction of sp³-hybridized carbons (Fsp3) is 0.0435. The van der Waals surface area contributed by atoms with Crippen LogP contribution >= 0.6 is 0 Å². The minimum Gasteiger partial charge on any atom is -0.455 e. The summed E-state index contributed by atoms with van der Waals surface area (Å²) in [7, 11) is 0. The van der Waals surface area contributed by atoms with E-state index in [2.05, 4.69) is 181 Å².